The van der Waals surface area contributed by atoms with Gasteiger partial charge in [-0.05, 0) is 24.3 Å². The van der Waals surface area contributed by atoms with E-state index in [1.54, 1.807) is 12.1 Å². The summed E-state index contributed by atoms with van der Waals surface area (Å²) in [5.74, 6) is 1.24. The van der Waals surface area contributed by atoms with E-state index in [1.165, 1.54) is 6.07 Å². The summed E-state index contributed by atoms with van der Waals surface area (Å²) in [6.45, 7) is 0. The summed E-state index contributed by atoms with van der Waals surface area (Å²) in [5, 5.41) is 18.3. The van der Waals surface area contributed by atoms with Crippen molar-refractivity contribution in [1.82, 2.24) is 0 Å². The Kier molecular flexibility index (Phi) is 3.69. The van der Waals surface area contributed by atoms with Gasteiger partial charge in [0, 0.05) is 10.5 Å². The van der Waals surface area contributed by atoms with Gasteiger partial charge in [0.05, 0.1) is 0 Å². The lowest BCUT2D eigenvalue weighted by atomic mass is 9.80. The summed E-state index contributed by atoms with van der Waals surface area (Å²) in [5.41, 5.74) is 0.257. The van der Waals surface area contributed by atoms with Crippen molar-refractivity contribution in [2.45, 2.75) is 0 Å². The van der Waals surface area contributed by atoms with Gasteiger partial charge in [0.1, 0.15) is 11.5 Å². The standard InChI is InChI=1S/C12H10BClO3/c14-12-8-10(6-7-11(12)13(15)16)17-9-4-2-1-3-5-9/h1-8,15-16H. The Bertz CT molecular complexity index is 502. The van der Waals surface area contributed by atoms with E-state index < -0.39 is 7.12 Å². The summed E-state index contributed by atoms with van der Waals surface area (Å²) in [6.07, 6.45) is 0. The highest BCUT2D eigenvalue weighted by molar-refractivity contribution is 6.62. The average Bonchev–Trinajstić information content (AvgIpc) is 2.30. The van der Waals surface area contributed by atoms with Crippen LogP contribution in [-0.4, -0.2) is 17.2 Å². The maximum atomic E-state index is 9.02. The number of para-hydroxylation sites is 1. The van der Waals surface area contributed by atoms with Gasteiger partial charge in [0.15, 0.2) is 0 Å². The van der Waals surface area contributed by atoms with Crippen molar-refractivity contribution in [3.63, 3.8) is 0 Å². The Morgan fingerprint density at radius 3 is 2.24 bits per heavy atom. The van der Waals surface area contributed by atoms with Gasteiger partial charge in [-0.1, -0.05) is 35.9 Å². The SMILES string of the molecule is OB(O)c1ccc(Oc2ccccc2)cc1Cl. The lowest BCUT2D eigenvalue weighted by Crippen LogP contribution is -2.30. The third-order valence-electron chi connectivity index (χ3n) is 2.23. The molecule has 0 saturated heterocycles. The van der Waals surface area contributed by atoms with Gasteiger partial charge >= 0.3 is 7.12 Å². The Labute approximate surface area is 104 Å². The molecule has 0 saturated carbocycles. The number of hydrogen-bond acceptors (Lipinski definition) is 3. The third-order valence-corrected chi connectivity index (χ3v) is 2.56. The molecule has 0 unspecified atom stereocenters. The highest BCUT2D eigenvalue weighted by Gasteiger charge is 2.15. The Balaban J connectivity index is 2.21. The van der Waals surface area contributed by atoms with Gasteiger partial charge in [-0.2, -0.15) is 0 Å². The van der Waals surface area contributed by atoms with E-state index in [4.69, 9.17) is 26.4 Å². The first-order valence-electron chi connectivity index (χ1n) is 5.05. The predicted molar refractivity (Wildman–Crippen MR) is 67.8 cm³/mol. The topological polar surface area (TPSA) is 49.7 Å². The monoisotopic (exact) mass is 248 g/mol. The highest BCUT2D eigenvalue weighted by Crippen LogP contribution is 2.22. The molecule has 0 bridgehead atoms. The third kappa shape index (κ3) is 3.00. The first-order chi connectivity index (χ1) is 8.16. The van der Waals surface area contributed by atoms with Crippen LogP contribution in [0.3, 0.4) is 0 Å². The van der Waals surface area contributed by atoms with Crippen molar-refractivity contribution in [1.29, 1.82) is 0 Å². The minimum Gasteiger partial charge on any atom is -0.457 e. The molecule has 0 radical (unpaired) electrons. The smallest absolute Gasteiger partial charge is 0.457 e. The summed E-state index contributed by atoms with van der Waals surface area (Å²) < 4.78 is 5.55. The molecule has 17 heavy (non-hydrogen) atoms. The lowest BCUT2D eigenvalue weighted by Gasteiger charge is -2.08. The lowest BCUT2D eigenvalue weighted by molar-refractivity contribution is 0.425. The molecule has 0 atom stereocenters. The van der Waals surface area contributed by atoms with Gasteiger partial charge in [0.25, 0.3) is 0 Å². The van der Waals surface area contributed by atoms with E-state index in [-0.39, 0.29) is 10.5 Å². The fourth-order valence-corrected chi connectivity index (χ4v) is 1.67. The van der Waals surface area contributed by atoms with Crippen LogP contribution in [0.25, 0.3) is 0 Å². The van der Waals surface area contributed by atoms with Crippen LogP contribution in [0, 0.1) is 0 Å². The minimum absolute atomic E-state index is 0.257. The Hall–Kier alpha value is -1.49. The van der Waals surface area contributed by atoms with Crippen LogP contribution < -0.4 is 10.2 Å². The molecular weight excluding hydrogens is 238 g/mol. The van der Waals surface area contributed by atoms with Crippen LogP contribution in [0.15, 0.2) is 48.5 Å². The maximum absolute atomic E-state index is 9.02. The van der Waals surface area contributed by atoms with E-state index in [0.29, 0.717) is 11.5 Å². The van der Waals surface area contributed by atoms with Gasteiger partial charge in [0.2, 0.25) is 0 Å². The minimum atomic E-state index is -1.58. The quantitative estimate of drug-likeness (QED) is 0.815. The number of rotatable bonds is 3. The van der Waals surface area contributed by atoms with E-state index >= 15 is 0 Å². The highest BCUT2D eigenvalue weighted by atomic mass is 35.5. The molecule has 0 amide bonds. The van der Waals surface area contributed by atoms with Crippen LogP contribution in [0.4, 0.5) is 0 Å². The summed E-state index contributed by atoms with van der Waals surface area (Å²) >= 11 is 5.89. The van der Waals surface area contributed by atoms with Crippen molar-refractivity contribution in [2.75, 3.05) is 0 Å². The van der Waals surface area contributed by atoms with Crippen LogP contribution in [-0.2, 0) is 0 Å². The molecule has 0 fully saturated rings. The Morgan fingerprint density at radius 2 is 1.65 bits per heavy atom. The number of benzene rings is 2. The van der Waals surface area contributed by atoms with Crippen LogP contribution in [0.2, 0.25) is 5.02 Å². The molecule has 2 N–H and O–H groups in total. The van der Waals surface area contributed by atoms with Crippen LogP contribution in [0.1, 0.15) is 0 Å². The molecule has 0 aromatic heterocycles. The second-order valence-corrected chi connectivity index (χ2v) is 3.88. The molecule has 0 heterocycles. The first kappa shape index (κ1) is 12.0. The molecule has 2 rings (SSSR count). The van der Waals surface area contributed by atoms with Crippen molar-refractivity contribution in [3.8, 4) is 11.5 Å². The zero-order chi connectivity index (χ0) is 12.3. The van der Waals surface area contributed by atoms with E-state index in [0.717, 1.165) is 0 Å². The van der Waals surface area contributed by atoms with Gasteiger partial charge in [-0.15, -0.1) is 0 Å². The molecule has 0 spiro atoms. The number of halogens is 1. The fraction of sp³-hybridized carbons (Fsp3) is 0. The van der Waals surface area contributed by atoms with Crippen molar-refractivity contribution < 1.29 is 14.8 Å². The van der Waals surface area contributed by atoms with E-state index in [2.05, 4.69) is 0 Å². The molecule has 5 heteroatoms. The van der Waals surface area contributed by atoms with Crippen molar-refractivity contribution >= 4 is 24.2 Å². The maximum Gasteiger partial charge on any atom is 0.489 e. The van der Waals surface area contributed by atoms with Gasteiger partial charge < -0.3 is 14.8 Å². The fourth-order valence-electron chi connectivity index (χ4n) is 1.41. The molecule has 2 aromatic rings. The van der Waals surface area contributed by atoms with Gasteiger partial charge in [-0.25, -0.2) is 0 Å². The van der Waals surface area contributed by atoms with Gasteiger partial charge in [-0.3, -0.25) is 0 Å². The number of ether oxygens (including phenoxy) is 1. The largest absolute Gasteiger partial charge is 0.489 e. The second kappa shape index (κ2) is 5.23. The molecule has 86 valence electrons. The zero-order valence-electron chi connectivity index (χ0n) is 8.88. The summed E-state index contributed by atoms with van der Waals surface area (Å²) in [6, 6.07) is 14.0. The average molecular weight is 248 g/mol. The van der Waals surface area contributed by atoms with E-state index in [1.807, 2.05) is 30.3 Å². The molecule has 3 nitrogen and oxygen atoms in total. The first-order valence-corrected chi connectivity index (χ1v) is 5.43. The van der Waals surface area contributed by atoms with Crippen molar-refractivity contribution in [3.05, 3.63) is 53.6 Å². The molecule has 0 aliphatic rings. The summed E-state index contributed by atoms with van der Waals surface area (Å²) in [4.78, 5) is 0. The van der Waals surface area contributed by atoms with Crippen LogP contribution >= 0.6 is 11.6 Å². The molecule has 2 aromatic carbocycles. The summed E-state index contributed by atoms with van der Waals surface area (Å²) in [7, 11) is -1.58. The molecule has 0 aliphatic carbocycles. The van der Waals surface area contributed by atoms with Crippen LogP contribution in [0.5, 0.6) is 11.5 Å². The number of hydrogen-bond donors (Lipinski definition) is 2. The Morgan fingerprint density at radius 1 is 0.941 bits per heavy atom. The molecule has 0 aliphatic heterocycles. The predicted octanol–water partition coefficient (Wildman–Crippen LogP) is 1.81. The zero-order valence-corrected chi connectivity index (χ0v) is 9.63. The second-order valence-electron chi connectivity index (χ2n) is 3.47. The van der Waals surface area contributed by atoms with Crippen molar-refractivity contribution in [2.24, 2.45) is 0 Å². The molecular formula is C12H10BClO3. The van der Waals surface area contributed by atoms with E-state index in [9.17, 15) is 0 Å². The normalized spacial score (nSPS) is 10.1.